The second-order valence-corrected chi connectivity index (χ2v) is 5.19. The van der Waals surface area contributed by atoms with Crippen molar-refractivity contribution < 1.29 is 9.94 Å². The Hall–Kier alpha value is -1.77. The highest BCUT2D eigenvalue weighted by molar-refractivity contribution is 6.07. The molecule has 0 amide bonds. The number of unbranched alkanes of at least 4 members (excludes halogenated alkanes) is 1. The van der Waals surface area contributed by atoms with Gasteiger partial charge in [0.05, 0.1) is 12.8 Å². The number of hydrogen-bond donors (Lipinski definition) is 1. The number of nitrogens with zero attached hydrogens (tertiary/aromatic N) is 1. The maximum atomic E-state index is 9.24. The van der Waals surface area contributed by atoms with Crippen LogP contribution in [0.3, 0.4) is 0 Å². The van der Waals surface area contributed by atoms with Gasteiger partial charge in [-0.3, -0.25) is 0 Å². The molecule has 0 fully saturated rings. The topological polar surface area (TPSA) is 41.8 Å². The highest BCUT2D eigenvalue weighted by Crippen LogP contribution is 2.34. The van der Waals surface area contributed by atoms with Crippen LogP contribution >= 0.6 is 0 Å². The van der Waals surface area contributed by atoms with Crippen LogP contribution in [0.1, 0.15) is 51.0 Å². The molecule has 1 aromatic carbocycles. The summed E-state index contributed by atoms with van der Waals surface area (Å²) in [5, 5.41) is 12.8. The Balaban J connectivity index is 2.37. The number of rotatable bonds is 5. The van der Waals surface area contributed by atoms with Gasteiger partial charge in [-0.2, -0.15) is 0 Å². The zero-order valence-corrected chi connectivity index (χ0v) is 12.4. The summed E-state index contributed by atoms with van der Waals surface area (Å²) in [6.45, 7) is 2.19. The highest BCUT2D eigenvalue weighted by Gasteiger charge is 2.20. The van der Waals surface area contributed by atoms with Crippen LogP contribution in [0.2, 0.25) is 0 Å². The Morgan fingerprint density at radius 3 is 2.55 bits per heavy atom. The van der Waals surface area contributed by atoms with Gasteiger partial charge in [0.15, 0.2) is 0 Å². The highest BCUT2D eigenvalue weighted by atomic mass is 16.5. The fourth-order valence-corrected chi connectivity index (χ4v) is 2.78. The number of oxime groups is 1. The van der Waals surface area contributed by atoms with E-state index in [1.165, 1.54) is 16.7 Å². The Kier molecular flexibility index (Phi) is 5.22. The summed E-state index contributed by atoms with van der Waals surface area (Å²) in [5.41, 5.74) is 4.67. The molecule has 0 aliphatic heterocycles. The predicted molar refractivity (Wildman–Crippen MR) is 82.5 cm³/mol. The van der Waals surface area contributed by atoms with E-state index in [2.05, 4.69) is 24.2 Å². The maximum Gasteiger partial charge on any atom is 0.118 e. The van der Waals surface area contributed by atoms with Crippen LogP contribution in [0, 0.1) is 0 Å². The predicted octanol–water partition coefficient (Wildman–Crippen LogP) is 4.65. The van der Waals surface area contributed by atoms with Gasteiger partial charge in [-0.1, -0.05) is 30.6 Å². The molecule has 1 N–H and O–H groups in total. The molecule has 0 saturated heterocycles. The lowest BCUT2D eigenvalue weighted by Gasteiger charge is -2.22. The third kappa shape index (κ3) is 3.21. The summed E-state index contributed by atoms with van der Waals surface area (Å²) in [5.74, 6) is 0.872. The lowest BCUT2D eigenvalue weighted by atomic mass is 9.84. The molecule has 1 aromatic rings. The van der Waals surface area contributed by atoms with E-state index in [9.17, 15) is 5.21 Å². The van der Waals surface area contributed by atoms with Crippen molar-refractivity contribution >= 4 is 11.3 Å². The second kappa shape index (κ2) is 7.13. The van der Waals surface area contributed by atoms with E-state index in [1.807, 2.05) is 12.1 Å². The molecule has 1 aliphatic carbocycles. The van der Waals surface area contributed by atoms with Crippen molar-refractivity contribution in [3.8, 4) is 5.75 Å². The van der Waals surface area contributed by atoms with Crippen LogP contribution in [-0.4, -0.2) is 18.0 Å². The number of benzene rings is 1. The summed E-state index contributed by atoms with van der Waals surface area (Å²) in [4.78, 5) is 0. The van der Waals surface area contributed by atoms with Crippen molar-refractivity contribution in [2.45, 2.75) is 45.4 Å². The average Bonchev–Trinajstić information content (AvgIpc) is 2.52. The Bertz CT molecular complexity index is 500. The van der Waals surface area contributed by atoms with Crippen molar-refractivity contribution in [1.82, 2.24) is 0 Å². The first-order valence-corrected chi connectivity index (χ1v) is 7.38. The van der Waals surface area contributed by atoms with E-state index >= 15 is 0 Å². The zero-order valence-electron chi connectivity index (χ0n) is 12.4. The molecule has 0 saturated carbocycles. The molecule has 0 spiro atoms. The van der Waals surface area contributed by atoms with Crippen LogP contribution in [0.5, 0.6) is 5.75 Å². The van der Waals surface area contributed by atoms with Crippen molar-refractivity contribution in [1.29, 1.82) is 0 Å². The minimum absolute atomic E-state index is 0.871. The molecule has 0 radical (unpaired) electrons. The molecule has 0 aromatic heterocycles. The van der Waals surface area contributed by atoms with E-state index in [0.717, 1.165) is 50.0 Å². The SMILES string of the molecule is CCCCC1=C(c2ccc(OC)cc2)CCC/C1=N/O. The fraction of sp³-hybridized carbons (Fsp3) is 0.471. The molecular weight excluding hydrogens is 250 g/mol. The lowest BCUT2D eigenvalue weighted by molar-refractivity contribution is 0.317. The number of methoxy groups -OCH3 is 1. The molecule has 0 bridgehead atoms. The third-order valence-electron chi connectivity index (χ3n) is 3.89. The van der Waals surface area contributed by atoms with Crippen LogP contribution in [0.25, 0.3) is 5.57 Å². The molecule has 1 aliphatic rings. The van der Waals surface area contributed by atoms with E-state index in [4.69, 9.17) is 4.74 Å². The van der Waals surface area contributed by atoms with E-state index in [1.54, 1.807) is 7.11 Å². The lowest BCUT2D eigenvalue weighted by Crippen LogP contribution is -2.12. The largest absolute Gasteiger partial charge is 0.497 e. The minimum atomic E-state index is 0.871. The summed E-state index contributed by atoms with van der Waals surface area (Å²) in [6.07, 6.45) is 6.28. The van der Waals surface area contributed by atoms with Gasteiger partial charge in [0.1, 0.15) is 5.75 Å². The molecule has 3 heteroatoms. The zero-order chi connectivity index (χ0) is 14.4. The van der Waals surface area contributed by atoms with Gasteiger partial charge in [0.2, 0.25) is 0 Å². The Morgan fingerprint density at radius 2 is 1.95 bits per heavy atom. The minimum Gasteiger partial charge on any atom is -0.497 e. The first kappa shape index (κ1) is 14.6. The molecule has 0 heterocycles. The summed E-state index contributed by atoms with van der Waals surface area (Å²) < 4.78 is 5.21. The number of hydrogen-bond acceptors (Lipinski definition) is 3. The Morgan fingerprint density at radius 1 is 1.20 bits per heavy atom. The summed E-state index contributed by atoms with van der Waals surface area (Å²) >= 11 is 0. The van der Waals surface area contributed by atoms with Gasteiger partial charge < -0.3 is 9.94 Å². The molecule has 2 rings (SSSR count). The molecule has 0 atom stereocenters. The number of ether oxygens (including phenoxy) is 1. The van der Waals surface area contributed by atoms with Crippen molar-refractivity contribution in [3.63, 3.8) is 0 Å². The summed E-state index contributed by atoms with van der Waals surface area (Å²) in [7, 11) is 1.68. The van der Waals surface area contributed by atoms with E-state index in [0.29, 0.717) is 0 Å². The van der Waals surface area contributed by atoms with E-state index < -0.39 is 0 Å². The van der Waals surface area contributed by atoms with Gasteiger partial charge in [-0.25, -0.2) is 0 Å². The van der Waals surface area contributed by atoms with Crippen LogP contribution in [0.15, 0.2) is 35.0 Å². The average molecular weight is 273 g/mol. The first-order valence-electron chi connectivity index (χ1n) is 7.38. The van der Waals surface area contributed by atoms with Gasteiger partial charge in [-0.15, -0.1) is 0 Å². The van der Waals surface area contributed by atoms with E-state index in [-0.39, 0.29) is 0 Å². The molecule has 0 unspecified atom stereocenters. The van der Waals surface area contributed by atoms with Gasteiger partial charge in [0, 0.05) is 0 Å². The number of allylic oxidation sites excluding steroid dienone is 2. The van der Waals surface area contributed by atoms with Crippen molar-refractivity contribution in [2.24, 2.45) is 5.16 Å². The van der Waals surface area contributed by atoms with Crippen molar-refractivity contribution in [2.75, 3.05) is 7.11 Å². The fourth-order valence-electron chi connectivity index (χ4n) is 2.78. The molecular formula is C17H23NO2. The first-order chi connectivity index (χ1) is 9.80. The van der Waals surface area contributed by atoms with Crippen LogP contribution < -0.4 is 4.74 Å². The third-order valence-corrected chi connectivity index (χ3v) is 3.89. The monoisotopic (exact) mass is 273 g/mol. The van der Waals surface area contributed by atoms with Gasteiger partial charge in [-0.05, 0) is 60.9 Å². The van der Waals surface area contributed by atoms with Crippen LogP contribution in [-0.2, 0) is 0 Å². The second-order valence-electron chi connectivity index (χ2n) is 5.19. The molecule has 108 valence electrons. The molecule has 3 nitrogen and oxygen atoms in total. The van der Waals surface area contributed by atoms with Crippen LogP contribution in [0.4, 0.5) is 0 Å². The Labute approximate surface area is 121 Å². The molecule has 20 heavy (non-hydrogen) atoms. The summed E-state index contributed by atoms with van der Waals surface area (Å²) in [6, 6.07) is 8.18. The smallest absolute Gasteiger partial charge is 0.118 e. The van der Waals surface area contributed by atoms with Gasteiger partial charge in [0.25, 0.3) is 0 Å². The maximum absolute atomic E-state index is 9.24. The quantitative estimate of drug-likeness (QED) is 0.626. The normalized spacial score (nSPS) is 17.6. The standard InChI is InChI=1S/C17H23NO2/c1-3-4-6-16-15(7-5-8-17(16)18-19)13-9-11-14(20-2)12-10-13/h9-12,19H,3-8H2,1-2H3/b18-17-. The van der Waals surface area contributed by atoms with Gasteiger partial charge >= 0.3 is 0 Å². The van der Waals surface area contributed by atoms with Crippen molar-refractivity contribution in [3.05, 3.63) is 35.4 Å².